The van der Waals surface area contributed by atoms with E-state index >= 15 is 0 Å². The molecule has 1 aromatic rings. The van der Waals surface area contributed by atoms with Gasteiger partial charge in [0.1, 0.15) is 0 Å². The van der Waals surface area contributed by atoms with Crippen molar-refractivity contribution in [3.05, 3.63) is 29.8 Å². The van der Waals surface area contributed by atoms with Gasteiger partial charge in [-0.05, 0) is 44.9 Å². The maximum Gasteiger partial charge on any atom is 0.254 e. The Hall–Kier alpha value is -1.59. The molecule has 2 fully saturated rings. The van der Waals surface area contributed by atoms with Crippen molar-refractivity contribution in [2.24, 2.45) is 0 Å². The number of morpholine rings is 1. The first kappa shape index (κ1) is 16.3. The monoisotopic (exact) mass is 317 g/mol. The summed E-state index contributed by atoms with van der Waals surface area (Å²) in [5.41, 5.74) is 7.15. The molecule has 3 unspecified atom stereocenters. The summed E-state index contributed by atoms with van der Waals surface area (Å²) in [4.78, 5) is 17.3. The first-order chi connectivity index (χ1) is 11.0. The fraction of sp³-hybridized carbons (Fsp3) is 0.611. The molecule has 0 aromatic heterocycles. The number of carbonyl (C=O) groups is 1. The predicted molar refractivity (Wildman–Crippen MR) is 91.4 cm³/mol. The van der Waals surface area contributed by atoms with E-state index in [-0.39, 0.29) is 18.1 Å². The molecule has 1 amide bonds. The molecule has 2 N–H and O–H groups in total. The van der Waals surface area contributed by atoms with Gasteiger partial charge in [-0.15, -0.1) is 0 Å². The fourth-order valence-corrected chi connectivity index (χ4v) is 3.86. The lowest BCUT2D eigenvalue weighted by atomic mass is 10.1. The van der Waals surface area contributed by atoms with Crippen LogP contribution in [-0.4, -0.2) is 60.1 Å². The van der Waals surface area contributed by atoms with E-state index in [4.69, 9.17) is 10.5 Å². The highest BCUT2D eigenvalue weighted by atomic mass is 16.5. The summed E-state index contributed by atoms with van der Waals surface area (Å²) < 4.78 is 5.80. The van der Waals surface area contributed by atoms with Crippen molar-refractivity contribution in [1.29, 1.82) is 0 Å². The van der Waals surface area contributed by atoms with E-state index < -0.39 is 0 Å². The second kappa shape index (κ2) is 6.89. The molecule has 2 heterocycles. The number of hydrogen-bond donors (Lipinski definition) is 1. The Balaban J connectivity index is 1.66. The van der Waals surface area contributed by atoms with Crippen LogP contribution in [0.25, 0.3) is 0 Å². The molecule has 2 aliphatic heterocycles. The molecule has 0 spiro atoms. The van der Waals surface area contributed by atoms with Gasteiger partial charge in [-0.1, -0.05) is 6.07 Å². The number of nitrogens with zero attached hydrogens (tertiary/aromatic N) is 2. The van der Waals surface area contributed by atoms with Gasteiger partial charge in [0.15, 0.2) is 0 Å². The van der Waals surface area contributed by atoms with Gasteiger partial charge in [0.2, 0.25) is 0 Å². The third-order valence-corrected chi connectivity index (χ3v) is 4.74. The Morgan fingerprint density at radius 2 is 2.04 bits per heavy atom. The van der Waals surface area contributed by atoms with Crippen molar-refractivity contribution in [2.75, 3.05) is 31.9 Å². The van der Waals surface area contributed by atoms with Crippen LogP contribution >= 0.6 is 0 Å². The number of nitrogens with two attached hydrogens (primary N) is 1. The van der Waals surface area contributed by atoms with E-state index in [1.165, 1.54) is 0 Å². The first-order valence-electron chi connectivity index (χ1n) is 8.57. The summed E-state index contributed by atoms with van der Waals surface area (Å²) in [6.45, 7) is 7.90. The van der Waals surface area contributed by atoms with Gasteiger partial charge < -0.3 is 15.4 Å². The number of hydrogen-bond acceptors (Lipinski definition) is 4. The molecule has 0 saturated carbocycles. The molecular formula is C18H27N3O2. The van der Waals surface area contributed by atoms with Gasteiger partial charge in [0.25, 0.3) is 5.91 Å². The maximum absolute atomic E-state index is 12.8. The van der Waals surface area contributed by atoms with Crippen molar-refractivity contribution in [2.45, 2.75) is 44.9 Å². The lowest BCUT2D eigenvalue weighted by Crippen LogP contribution is -2.50. The molecule has 3 atom stereocenters. The number of amides is 1. The molecule has 3 rings (SSSR count). The standard InChI is InChI=1S/C18H27N3O2/c1-13-10-20(11-14(2)23-13)12-17-7-4-8-21(17)18(22)15-5-3-6-16(19)9-15/h3,5-6,9,13-14,17H,4,7-8,10-12,19H2,1-2H3. The lowest BCUT2D eigenvalue weighted by molar-refractivity contribution is -0.0715. The van der Waals surface area contributed by atoms with Crippen LogP contribution < -0.4 is 5.73 Å². The zero-order valence-corrected chi connectivity index (χ0v) is 14.1. The highest BCUT2D eigenvalue weighted by molar-refractivity contribution is 5.95. The van der Waals surface area contributed by atoms with Crippen LogP contribution in [0.1, 0.15) is 37.0 Å². The van der Waals surface area contributed by atoms with E-state index in [0.717, 1.165) is 39.0 Å². The molecule has 2 aliphatic rings. The Morgan fingerprint density at radius 1 is 1.30 bits per heavy atom. The molecule has 0 aliphatic carbocycles. The molecule has 23 heavy (non-hydrogen) atoms. The number of anilines is 1. The Labute approximate surface area is 138 Å². The average molecular weight is 317 g/mol. The molecule has 2 saturated heterocycles. The summed E-state index contributed by atoms with van der Waals surface area (Å²) in [5.74, 6) is 0.106. The molecule has 0 bridgehead atoms. The molecular weight excluding hydrogens is 290 g/mol. The minimum absolute atomic E-state index is 0.106. The second-order valence-corrected chi connectivity index (χ2v) is 6.90. The summed E-state index contributed by atoms with van der Waals surface area (Å²) in [5, 5.41) is 0. The van der Waals surface area contributed by atoms with Crippen LogP contribution in [0, 0.1) is 0 Å². The van der Waals surface area contributed by atoms with Crippen molar-refractivity contribution in [3.8, 4) is 0 Å². The summed E-state index contributed by atoms with van der Waals surface area (Å²) in [6.07, 6.45) is 2.68. The van der Waals surface area contributed by atoms with E-state index in [9.17, 15) is 4.79 Å². The van der Waals surface area contributed by atoms with Crippen LogP contribution in [0.2, 0.25) is 0 Å². The SMILES string of the molecule is CC1CN(CC2CCCN2C(=O)c2cccc(N)c2)CC(C)O1. The fourth-order valence-electron chi connectivity index (χ4n) is 3.86. The van der Waals surface area contributed by atoms with Crippen LogP contribution in [-0.2, 0) is 4.74 Å². The van der Waals surface area contributed by atoms with Crippen molar-refractivity contribution >= 4 is 11.6 Å². The first-order valence-corrected chi connectivity index (χ1v) is 8.57. The highest BCUT2D eigenvalue weighted by Crippen LogP contribution is 2.23. The third-order valence-electron chi connectivity index (χ3n) is 4.74. The largest absolute Gasteiger partial charge is 0.399 e. The van der Waals surface area contributed by atoms with Gasteiger partial charge in [-0.25, -0.2) is 0 Å². The predicted octanol–water partition coefficient (Wildman–Crippen LogP) is 1.98. The third kappa shape index (κ3) is 3.85. The normalized spacial score (nSPS) is 29.0. The van der Waals surface area contributed by atoms with Gasteiger partial charge in [0.05, 0.1) is 12.2 Å². The van der Waals surface area contributed by atoms with Crippen LogP contribution in [0.4, 0.5) is 5.69 Å². The van der Waals surface area contributed by atoms with Crippen molar-refractivity contribution < 1.29 is 9.53 Å². The number of nitrogen functional groups attached to an aromatic ring is 1. The Bertz CT molecular complexity index is 553. The minimum atomic E-state index is 0.106. The zero-order valence-electron chi connectivity index (χ0n) is 14.1. The number of likely N-dealkylation sites (tertiary alicyclic amines) is 1. The number of ether oxygens (including phenoxy) is 1. The second-order valence-electron chi connectivity index (χ2n) is 6.90. The van der Waals surface area contributed by atoms with E-state index in [2.05, 4.69) is 18.7 Å². The molecule has 0 radical (unpaired) electrons. The van der Waals surface area contributed by atoms with Crippen LogP contribution in [0.15, 0.2) is 24.3 Å². The van der Waals surface area contributed by atoms with Crippen LogP contribution in [0.5, 0.6) is 0 Å². The number of rotatable bonds is 3. The Morgan fingerprint density at radius 3 is 2.74 bits per heavy atom. The number of benzene rings is 1. The topological polar surface area (TPSA) is 58.8 Å². The van der Waals surface area contributed by atoms with Crippen molar-refractivity contribution in [1.82, 2.24) is 9.80 Å². The van der Waals surface area contributed by atoms with Crippen molar-refractivity contribution in [3.63, 3.8) is 0 Å². The molecule has 5 nitrogen and oxygen atoms in total. The van der Waals surface area contributed by atoms with Gasteiger partial charge in [0, 0.05) is 43.5 Å². The quantitative estimate of drug-likeness (QED) is 0.866. The van der Waals surface area contributed by atoms with E-state index in [1.54, 1.807) is 6.07 Å². The minimum Gasteiger partial charge on any atom is -0.399 e. The molecule has 5 heteroatoms. The average Bonchev–Trinajstić information content (AvgIpc) is 2.93. The Kier molecular flexibility index (Phi) is 4.87. The summed E-state index contributed by atoms with van der Waals surface area (Å²) in [7, 11) is 0. The maximum atomic E-state index is 12.8. The highest BCUT2D eigenvalue weighted by Gasteiger charge is 2.32. The lowest BCUT2D eigenvalue weighted by Gasteiger charge is -2.38. The van der Waals surface area contributed by atoms with Gasteiger partial charge in [-0.2, -0.15) is 0 Å². The molecule has 126 valence electrons. The van der Waals surface area contributed by atoms with Crippen LogP contribution in [0.3, 0.4) is 0 Å². The van der Waals surface area contributed by atoms with Gasteiger partial charge >= 0.3 is 0 Å². The summed E-state index contributed by atoms with van der Waals surface area (Å²) >= 11 is 0. The number of carbonyl (C=O) groups excluding carboxylic acids is 1. The molecule has 1 aromatic carbocycles. The zero-order chi connectivity index (χ0) is 16.4. The van der Waals surface area contributed by atoms with Gasteiger partial charge in [-0.3, -0.25) is 9.69 Å². The summed E-state index contributed by atoms with van der Waals surface area (Å²) in [6, 6.07) is 7.58. The van der Waals surface area contributed by atoms with E-state index in [0.29, 0.717) is 17.3 Å². The smallest absolute Gasteiger partial charge is 0.254 e. The van der Waals surface area contributed by atoms with E-state index in [1.807, 2.05) is 23.1 Å².